The third-order valence-electron chi connectivity index (χ3n) is 3.54. The molecule has 0 unspecified atom stereocenters. The summed E-state index contributed by atoms with van der Waals surface area (Å²) in [7, 11) is 0. The van der Waals surface area contributed by atoms with Crippen molar-refractivity contribution in [2.75, 3.05) is 19.6 Å². The van der Waals surface area contributed by atoms with Crippen molar-refractivity contribution in [3.05, 3.63) is 34.9 Å². The van der Waals surface area contributed by atoms with Gasteiger partial charge in [0, 0.05) is 23.5 Å². The van der Waals surface area contributed by atoms with Gasteiger partial charge in [0.05, 0.1) is 6.54 Å². The Morgan fingerprint density at radius 2 is 1.70 bits per heavy atom. The molecule has 0 spiro atoms. The highest BCUT2D eigenvalue weighted by Crippen LogP contribution is 2.48. The largest absolute Gasteiger partial charge is 0.357 e. The van der Waals surface area contributed by atoms with E-state index in [0.29, 0.717) is 0 Å². The number of hydrogen-bond acceptors (Lipinski definition) is 1. The van der Waals surface area contributed by atoms with Crippen molar-refractivity contribution >= 4 is 41.5 Å². The van der Waals surface area contributed by atoms with Crippen LogP contribution in [0.1, 0.15) is 32.3 Å². The van der Waals surface area contributed by atoms with Crippen molar-refractivity contribution in [3.8, 4) is 0 Å². The lowest BCUT2D eigenvalue weighted by Gasteiger charge is -2.15. The summed E-state index contributed by atoms with van der Waals surface area (Å²) in [6.07, 6.45) is 2.42. The fourth-order valence-electron chi connectivity index (χ4n) is 2.23. The zero-order valence-electron chi connectivity index (χ0n) is 12.1. The number of rotatable bonds is 5. The zero-order chi connectivity index (χ0) is 13.7. The minimum absolute atomic E-state index is 0. The molecule has 0 amide bonds. The molecule has 1 aliphatic rings. The van der Waals surface area contributed by atoms with Gasteiger partial charge in [-0.05, 0) is 44.4 Å². The highest BCUT2D eigenvalue weighted by molar-refractivity contribution is 14.0. The normalized spacial score (nSPS) is 14.9. The summed E-state index contributed by atoms with van der Waals surface area (Å²) in [5.74, 6) is 0.908. The molecule has 1 aromatic rings. The summed E-state index contributed by atoms with van der Waals surface area (Å²) in [5, 5.41) is 7.32. The second-order valence-electron chi connectivity index (χ2n) is 5.01. The minimum atomic E-state index is 0. The first-order valence-electron chi connectivity index (χ1n) is 6.98. The second kappa shape index (κ2) is 8.08. The molecule has 0 aromatic heterocycles. The van der Waals surface area contributed by atoms with Gasteiger partial charge >= 0.3 is 0 Å². The van der Waals surface area contributed by atoms with E-state index < -0.39 is 0 Å². The van der Waals surface area contributed by atoms with Crippen molar-refractivity contribution in [3.63, 3.8) is 0 Å². The van der Waals surface area contributed by atoms with Crippen LogP contribution < -0.4 is 10.6 Å². The summed E-state index contributed by atoms with van der Waals surface area (Å²) in [5.41, 5.74) is 1.59. The van der Waals surface area contributed by atoms with E-state index in [2.05, 4.69) is 36.6 Å². The van der Waals surface area contributed by atoms with Crippen molar-refractivity contribution < 1.29 is 0 Å². The van der Waals surface area contributed by atoms with Crippen LogP contribution in [0.3, 0.4) is 0 Å². The van der Waals surface area contributed by atoms with Gasteiger partial charge in [-0.3, -0.25) is 4.99 Å². The molecular weight excluding hydrogens is 385 g/mol. The van der Waals surface area contributed by atoms with E-state index in [9.17, 15) is 0 Å². The summed E-state index contributed by atoms with van der Waals surface area (Å²) >= 11 is 5.94. The van der Waals surface area contributed by atoms with Crippen LogP contribution >= 0.6 is 35.6 Å². The van der Waals surface area contributed by atoms with E-state index in [4.69, 9.17) is 16.6 Å². The Morgan fingerprint density at radius 1 is 1.15 bits per heavy atom. The molecule has 1 aromatic carbocycles. The predicted octanol–water partition coefficient (Wildman–Crippen LogP) is 3.56. The number of hydrogen-bond donors (Lipinski definition) is 2. The van der Waals surface area contributed by atoms with Crippen molar-refractivity contribution in [1.29, 1.82) is 0 Å². The molecule has 0 saturated heterocycles. The lowest BCUT2D eigenvalue weighted by molar-refractivity contribution is 0.694. The summed E-state index contributed by atoms with van der Waals surface area (Å²) in [4.78, 5) is 4.70. The van der Waals surface area contributed by atoms with Gasteiger partial charge in [0.25, 0.3) is 0 Å². The van der Waals surface area contributed by atoms with Crippen LogP contribution in [0.15, 0.2) is 29.3 Å². The Balaban J connectivity index is 0.00000200. The highest BCUT2D eigenvalue weighted by atomic mass is 127. The molecule has 2 rings (SSSR count). The lowest BCUT2D eigenvalue weighted by Crippen LogP contribution is -2.37. The van der Waals surface area contributed by atoms with E-state index in [-0.39, 0.29) is 29.4 Å². The maximum atomic E-state index is 5.94. The van der Waals surface area contributed by atoms with E-state index in [0.717, 1.165) is 30.6 Å². The van der Waals surface area contributed by atoms with Crippen molar-refractivity contribution in [2.24, 2.45) is 4.99 Å². The smallest absolute Gasteiger partial charge is 0.191 e. The van der Waals surface area contributed by atoms with Gasteiger partial charge in [0.1, 0.15) is 0 Å². The van der Waals surface area contributed by atoms with Gasteiger partial charge in [-0.1, -0.05) is 23.7 Å². The molecule has 3 nitrogen and oxygen atoms in total. The molecule has 5 heteroatoms. The lowest BCUT2D eigenvalue weighted by atomic mass is 9.96. The maximum absolute atomic E-state index is 5.94. The zero-order valence-corrected chi connectivity index (χ0v) is 15.2. The van der Waals surface area contributed by atoms with E-state index in [1.807, 2.05) is 12.1 Å². The number of nitrogens with one attached hydrogen (secondary N) is 2. The van der Waals surface area contributed by atoms with Gasteiger partial charge in [-0.15, -0.1) is 24.0 Å². The molecule has 1 aliphatic carbocycles. The molecule has 112 valence electrons. The first kappa shape index (κ1) is 17.6. The highest BCUT2D eigenvalue weighted by Gasteiger charge is 2.44. The average Bonchev–Trinajstić information content (AvgIpc) is 3.18. The Labute approximate surface area is 143 Å². The molecule has 0 atom stereocenters. The fraction of sp³-hybridized carbons (Fsp3) is 0.533. The van der Waals surface area contributed by atoms with Gasteiger partial charge in [0.15, 0.2) is 5.96 Å². The van der Waals surface area contributed by atoms with E-state index in [1.54, 1.807) is 0 Å². The van der Waals surface area contributed by atoms with Gasteiger partial charge in [0.2, 0.25) is 0 Å². The minimum Gasteiger partial charge on any atom is -0.357 e. The molecule has 0 bridgehead atoms. The van der Waals surface area contributed by atoms with Crippen LogP contribution in [0.4, 0.5) is 0 Å². The van der Waals surface area contributed by atoms with Crippen molar-refractivity contribution in [2.45, 2.75) is 32.1 Å². The van der Waals surface area contributed by atoms with Crippen LogP contribution in [0.25, 0.3) is 0 Å². The predicted molar refractivity (Wildman–Crippen MR) is 97.4 cm³/mol. The Kier molecular flexibility index (Phi) is 7.09. The number of nitrogens with zero attached hydrogens (tertiary/aromatic N) is 1. The quantitative estimate of drug-likeness (QED) is 0.445. The Morgan fingerprint density at radius 3 is 2.15 bits per heavy atom. The SMILES string of the molecule is CCNC(=NCC1(c2ccc(Cl)cc2)CC1)NCC.I. The third kappa shape index (κ3) is 4.52. The van der Waals surface area contributed by atoms with Crippen LogP contribution in [0.5, 0.6) is 0 Å². The van der Waals surface area contributed by atoms with Gasteiger partial charge in [-0.2, -0.15) is 0 Å². The van der Waals surface area contributed by atoms with Crippen LogP contribution in [0.2, 0.25) is 5.02 Å². The first-order chi connectivity index (χ1) is 9.20. The summed E-state index contributed by atoms with van der Waals surface area (Å²) < 4.78 is 0. The van der Waals surface area contributed by atoms with Crippen LogP contribution in [0, 0.1) is 0 Å². The number of aliphatic imine (C=N–C) groups is 1. The number of halogens is 2. The standard InChI is InChI=1S/C15H22ClN3.HI/c1-3-17-14(18-4-2)19-11-15(9-10-15)12-5-7-13(16)8-6-12;/h5-8H,3-4,9-11H2,1-2H3,(H2,17,18,19);1H. The van der Waals surface area contributed by atoms with Crippen molar-refractivity contribution in [1.82, 2.24) is 10.6 Å². The molecule has 0 radical (unpaired) electrons. The monoisotopic (exact) mass is 407 g/mol. The molecular formula is C15H23ClIN3. The van der Waals surface area contributed by atoms with E-state index >= 15 is 0 Å². The maximum Gasteiger partial charge on any atom is 0.191 e. The number of benzene rings is 1. The second-order valence-corrected chi connectivity index (χ2v) is 5.45. The average molecular weight is 408 g/mol. The van der Waals surface area contributed by atoms with Gasteiger partial charge in [-0.25, -0.2) is 0 Å². The van der Waals surface area contributed by atoms with Gasteiger partial charge < -0.3 is 10.6 Å². The molecule has 2 N–H and O–H groups in total. The first-order valence-corrected chi connectivity index (χ1v) is 7.36. The van der Waals surface area contributed by atoms with Crippen LogP contribution in [-0.4, -0.2) is 25.6 Å². The Hall–Kier alpha value is -0.490. The Bertz CT molecular complexity index is 433. The molecule has 0 heterocycles. The third-order valence-corrected chi connectivity index (χ3v) is 3.79. The molecule has 1 saturated carbocycles. The molecule has 1 fully saturated rings. The molecule has 0 aliphatic heterocycles. The fourth-order valence-corrected chi connectivity index (χ4v) is 2.36. The van der Waals surface area contributed by atoms with Crippen LogP contribution in [-0.2, 0) is 5.41 Å². The molecule has 20 heavy (non-hydrogen) atoms. The summed E-state index contributed by atoms with van der Waals surface area (Å²) in [6, 6.07) is 8.20. The van der Waals surface area contributed by atoms with E-state index in [1.165, 1.54) is 18.4 Å². The topological polar surface area (TPSA) is 36.4 Å². The number of guanidine groups is 1. The summed E-state index contributed by atoms with van der Waals surface area (Å²) in [6.45, 7) is 6.78.